The minimum Gasteiger partial charge on any atom is -0.491 e. The van der Waals surface area contributed by atoms with Gasteiger partial charge in [-0.15, -0.1) is 0 Å². The summed E-state index contributed by atoms with van der Waals surface area (Å²) in [5.41, 5.74) is 4.27. The molecule has 0 amide bonds. The van der Waals surface area contributed by atoms with Crippen LogP contribution in [0.1, 0.15) is 70.4 Å². The molecule has 3 heteroatoms. The van der Waals surface area contributed by atoms with E-state index in [1.165, 1.54) is 44.1 Å². The van der Waals surface area contributed by atoms with E-state index >= 15 is 0 Å². The van der Waals surface area contributed by atoms with E-state index in [1.54, 1.807) is 0 Å². The van der Waals surface area contributed by atoms with Crippen LogP contribution in [0, 0.1) is 5.92 Å². The SMILES string of the molecule is CC(C)Oc1ccc(C(CC2CCCCCC2)NN)cc1. The maximum Gasteiger partial charge on any atom is 0.119 e. The summed E-state index contributed by atoms with van der Waals surface area (Å²) in [5.74, 6) is 7.53. The van der Waals surface area contributed by atoms with Crippen molar-refractivity contribution in [2.45, 2.75) is 70.9 Å². The van der Waals surface area contributed by atoms with Crippen LogP contribution in [0.15, 0.2) is 24.3 Å². The summed E-state index contributed by atoms with van der Waals surface area (Å²) >= 11 is 0. The van der Waals surface area contributed by atoms with E-state index in [2.05, 4.69) is 17.6 Å². The Labute approximate surface area is 129 Å². The highest BCUT2D eigenvalue weighted by Gasteiger charge is 2.18. The molecule has 1 saturated carbocycles. The zero-order valence-electron chi connectivity index (χ0n) is 13.5. The average molecular weight is 290 g/mol. The maximum absolute atomic E-state index is 5.80. The monoisotopic (exact) mass is 290 g/mol. The van der Waals surface area contributed by atoms with Gasteiger partial charge in [-0.1, -0.05) is 50.7 Å². The molecule has 1 atom stereocenters. The molecule has 0 aromatic heterocycles. The molecule has 118 valence electrons. The second-order valence-corrected chi connectivity index (χ2v) is 6.55. The van der Waals surface area contributed by atoms with Crippen LogP contribution in [-0.4, -0.2) is 6.10 Å². The predicted octanol–water partition coefficient (Wildman–Crippen LogP) is 4.34. The minimum absolute atomic E-state index is 0.213. The van der Waals surface area contributed by atoms with E-state index in [0.717, 1.165) is 18.1 Å². The smallest absolute Gasteiger partial charge is 0.119 e. The van der Waals surface area contributed by atoms with Crippen LogP contribution in [0.5, 0.6) is 5.75 Å². The third-order valence-corrected chi connectivity index (χ3v) is 4.40. The van der Waals surface area contributed by atoms with E-state index in [1.807, 2.05) is 26.0 Å². The third kappa shape index (κ3) is 5.33. The summed E-state index contributed by atoms with van der Waals surface area (Å²) < 4.78 is 5.70. The molecule has 0 radical (unpaired) electrons. The Balaban J connectivity index is 1.96. The van der Waals surface area contributed by atoms with Crippen molar-refractivity contribution in [3.05, 3.63) is 29.8 Å². The van der Waals surface area contributed by atoms with Gasteiger partial charge in [0, 0.05) is 6.04 Å². The number of rotatable bonds is 6. The summed E-state index contributed by atoms with van der Waals surface area (Å²) in [5, 5.41) is 0. The first-order valence-electron chi connectivity index (χ1n) is 8.41. The molecule has 21 heavy (non-hydrogen) atoms. The molecule has 2 rings (SSSR count). The van der Waals surface area contributed by atoms with Crippen LogP contribution < -0.4 is 16.0 Å². The zero-order valence-corrected chi connectivity index (χ0v) is 13.5. The van der Waals surface area contributed by atoms with Gasteiger partial charge >= 0.3 is 0 Å². The van der Waals surface area contributed by atoms with Crippen molar-refractivity contribution in [3.63, 3.8) is 0 Å². The van der Waals surface area contributed by atoms with Crippen molar-refractivity contribution in [1.82, 2.24) is 5.43 Å². The van der Waals surface area contributed by atoms with Crippen molar-refractivity contribution in [3.8, 4) is 5.75 Å². The third-order valence-electron chi connectivity index (χ3n) is 4.40. The number of hydrogen-bond donors (Lipinski definition) is 2. The summed E-state index contributed by atoms with van der Waals surface area (Å²) in [6.07, 6.45) is 9.62. The Hall–Kier alpha value is -1.06. The van der Waals surface area contributed by atoms with Gasteiger partial charge in [-0.25, -0.2) is 0 Å². The molecule has 1 aliphatic carbocycles. The normalized spacial score (nSPS) is 18.5. The molecule has 1 aromatic rings. The Morgan fingerprint density at radius 1 is 1.10 bits per heavy atom. The molecule has 1 unspecified atom stereocenters. The van der Waals surface area contributed by atoms with E-state index in [0.29, 0.717) is 0 Å². The molecule has 0 saturated heterocycles. The second kappa shape index (κ2) is 8.40. The lowest BCUT2D eigenvalue weighted by Crippen LogP contribution is -2.29. The fourth-order valence-electron chi connectivity index (χ4n) is 3.28. The van der Waals surface area contributed by atoms with Gasteiger partial charge in [-0.2, -0.15) is 0 Å². The second-order valence-electron chi connectivity index (χ2n) is 6.55. The first-order chi connectivity index (χ1) is 10.2. The van der Waals surface area contributed by atoms with Gasteiger partial charge in [0.15, 0.2) is 0 Å². The minimum atomic E-state index is 0.213. The number of benzene rings is 1. The highest BCUT2D eigenvalue weighted by atomic mass is 16.5. The Morgan fingerprint density at radius 3 is 2.24 bits per heavy atom. The lowest BCUT2D eigenvalue weighted by Gasteiger charge is -2.22. The van der Waals surface area contributed by atoms with Crippen LogP contribution in [0.25, 0.3) is 0 Å². The molecule has 1 aliphatic rings. The first kappa shape index (κ1) is 16.3. The van der Waals surface area contributed by atoms with Gasteiger partial charge in [0.25, 0.3) is 0 Å². The van der Waals surface area contributed by atoms with E-state index < -0.39 is 0 Å². The molecule has 0 heterocycles. The summed E-state index contributed by atoms with van der Waals surface area (Å²) in [6, 6.07) is 8.62. The summed E-state index contributed by atoms with van der Waals surface area (Å²) in [6.45, 7) is 4.09. The topological polar surface area (TPSA) is 47.3 Å². The first-order valence-corrected chi connectivity index (χ1v) is 8.41. The molecule has 1 aromatic carbocycles. The number of ether oxygens (including phenoxy) is 1. The fourth-order valence-corrected chi connectivity index (χ4v) is 3.28. The standard InChI is InChI=1S/C18H30N2O/c1-14(2)21-17-11-9-16(10-12-17)18(20-19)13-15-7-5-3-4-6-8-15/h9-12,14-15,18,20H,3-8,13,19H2,1-2H3. The van der Waals surface area contributed by atoms with Crippen molar-refractivity contribution in [1.29, 1.82) is 0 Å². The molecule has 1 fully saturated rings. The lowest BCUT2D eigenvalue weighted by atomic mass is 9.90. The quantitative estimate of drug-likeness (QED) is 0.465. The van der Waals surface area contributed by atoms with Gasteiger partial charge in [0.2, 0.25) is 0 Å². The van der Waals surface area contributed by atoms with Crippen LogP contribution in [0.4, 0.5) is 0 Å². The number of hydrazine groups is 1. The van der Waals surface area contributed by atoms with Gasteiger partial charge in [0.05, 0.1) is 6.10 Å². The van der Waals surface area contributed by atoms with Crippen LogP contribution in [0.3, 0.4) is 0 Å². The van der Waals surface area contributed by atoms with Gasteiger partial charge in [0.1, 0.15) is 5.75 Å². The van der Waals surface area contributed by atoms with Crippen molar-refractivity contribution >= 4 is 0 Å². The van der Waals surface area contributed by atoms with E-state index in [9.17, 15) is 0 Å². The van der Waals surface area contributed by atoms with Gasteiger partial charge in [-0.3, -0.25) is 11.3 Å². The average Bonchev–Trinajstić information content (AvgIpc) is 2.74. The summed E-state index contributed by atoms with van der Waals surface area (Å²) in [4.78, 5) is 0. The number of hydrogen-bond acceptors (Lipinski definition) is 3. The Kier molecular flexibility index (Phi) is 6.52. The molecular weight excluding hydrogens is 260 g/mol. The fraction of sp³-hybridized carbons (Fsp3) is 0.667. The number of nitrogens with one attached hydrogen (secondary N) is 1. The van der Waals surface area contributed by atoms with Crippen LogP contribution in [0.2, 0.25) is 0 Å². The van der Waals surface area contributed by atoms with Gasteiger partial charge < -0.3 is 4.74 Å². The predicted molar refractivity (Wildman–Crippen MR) is 88.1 cm³/mol. The van der Waals surface area contributed by atoms with E-state index in [4.69, 9.17) is 10.6 Å². The Bertz CT molecular complexity index is 394. The van der Waals surface area contributed by atoms with Crippen molar-refractivity contribution < 1.29 is 4.74 Å². The molecule has 3 N–H and O–H groups in total. The van der Waals surface area contributed by atoms with Crippen LogP contribution >= 0.6 is 0 Å². The van der Waals surface area contributed by atoms with Crippen molar-refractivity contribution in [2.75, 3.05) is 0 Å². The van der Waals surface area contributed by atoms with Crippen molar-refractivity contribution in [2.24, 2.45) is 11.8 Å². The summed E-state index contributed by atoms with van der Waals surface area (Å²) in [7, 11) is 0. The zero-order chi connectivity index (χ0) is 15.1. The largest absolute Gasteiger partial charge is 0.491 e. The highest BCUT2D eigenvalue weighted by Crippen LogP contribution is 2.31. The Morgan fingerprint density at radius 2 is 1.71 bits per heavy atom. The number of nitrogens with two attached hydrogens (primary N) is 1. The highest BCUT2D eigenvalue weighted by molar-refractivity contribution is 5.29. The molecule has 3 nitrogen and oxygen atoms in total. The molecule has 0 aliphatic heterocycles. The molecule has 0 spiro atoms. The lowest BCUT2D eigenvalue weighted by molar-refractivity contribution is 0.242. The van der Waals surface area contributed by atoms with Crippen LogP contribution in [-0.2, 0) is 0 Å². The van der Waals surface area contributed by atoms with E-state index in [-0.39, 0.29) is 12.1 Å². The maximum atomic E-state index is 5.80. The van der Waals surface area contributed by atoms with Gasteiger partial charge in [-0.05, 0) is 43.9 Å². The molecular formula is C18H30N2O. The molecule has 0 bridgehead atoms.